The van der Waals surface area contributed by atoms with Crippen LogP contribution >= 0.6 is 0 Å². The van der Waals surface area contributed by atoms with Gasteiger partial charge in [-0.25, -0.2) is 0 Å². The van der Waals surface area contributed by atoms with Crippen molar-refractivity contribution in [3.8, 4) is 0 Å². The maximum atomic E-state index is 12.2. The molecule has 106 valence electrons. The first kappa shape index (κ1) is 14.1. The molecule has 0 radical (unpaired) electrons. The molecule has 5 heteroatoms. The predicted octanol–water partition coefficient (Wildman–Crippen LogP) is 1.04. The molecule has 2 rings (SSSR count). The van der Waals surface area contributed by atoms with E-state index < -0.39 is 0 Å². The summed E-state index contributed by atoms with van der Waals surface area (Å²) >= 11 is 0. The highest BCUT2D eigenvalue weighted by Crippen LogP contribution is 2.17. The van der Waals surface area contributed by atoms with Gasteiger partial charge in [0.25, 0.3) is 0 Å². The molecule has 2 atom stereocenters. The number of piperidine rings is 1. The van der Waals surface area contributed by atoms with Crippen LogP contribution in [0, 0.1) is 19.8 Å². The maximum absolute atomic E-state index is 12.2. The van der Waals surface area contributed by atoms with Gasteiger partial charge in [-0.2, -0.15) is 5.10 Å². The predicted molar refractivity (Wildman–Crippen MR) is 74.7 cm³/mol. The zero-order chi connectivity index (χ0) is 14.0. The van der Waals surface area contributed by atoms with Crippen LogP contribution in [-0.2, 0) is 18.4 Å². The van der Waals surface area contributed by atoms with Crippen LogP contribution in [0.2, 0.25) is 0 Å². The molecular weight excluding hydrogens is 240 g/mol. The van der Waals surface area contributed by atoms with E-state index in [-0.39, 0.29) is 11.8 Å². The average molecular weight is 264 g/mol. The van der Waals surface area contributed by atoms with Crippen LogP contribution < -0.4 is 10.6 Å². The number of rotatable bonds is 3. The second-order valence-corrected chi connectivity index (χ2v) is 5.57. The number of carbonyl (C=O) groups excluding carboxylic acids is 1. The number of amides is 1. The Morgan fingerprint density at radius 1 is 1.53 bits per heavy atom. The lowest BCUT2D eigenvalue weighted by Gasteiger charge is -2.27. The van der Waals surface area contributed by atoms with Crippen LogP contribution in [0.5, 0.6) is 0 Å². The highest BCUT2D eigenvalue weighted by Gasteiger charge is 2.24. The van der Waals surface area contributed by atoms with Crippen molar-refractivity contribution < 1.29 is 4.79 Å². The number of carbonyl (C=O) groups is 1. The molecule has 2 unspecified atom stereocenters. The normalized spacial score (nSPS) is 23.4. The largest absolute Gasteiger partial charge is 0.352 e. The van der Waals surface area contributed by atoms with E-state index in [1.54, 1.807) is 0 Å². The molecule has 1 aliphatic heterocycles. The Balaban J connectivity index is 1.93. The number of hydrogen-bond donors (Lipinski definition) is 2. The molecule has 2 N–H and O–H groups in total. The summed E-state index contributed by atoms with van der Waals surface area (Å²) in [5, 5.41) is 10.8. The van der Waals surface area contributed by atoms with Gasteiger partial charge in [-0.3, -0.25) is 9.48 Å². The summed E-state index contributed by atoms with van der Waals surface area (Å²) in [6.07, 6.45) is 1.86. The Hall–Kier alpha value is -1.36. The fourth-order valence-electron chi connectivity index (χ4n) is 2.76. The molecule has 1 amide bonds. The van der Waals surface area contributed by atoms with Gasteiger partial charge < -0.3 is 10.6 Å². The molecule has 1 aromatic heterocycles. The lowest BCUT2D eigenvalue weighted by atomic mass is 9.92. The first-order valence-corrected chi connectivity index (χ1v) is 6.99. The third-order valence-corrected chi connectivity index (χ3v) is 4.09. The van der Waals surface area contributed by atoms with Crippen molar-refractivity contribution in [2.24, 2.45) is 13.0 Å². The first-order valence-electron chi connectivity index (χ1n) is 6.99. The zero-order valence-electron chi connectivity index (χ0n) is 12.3. The zero-order valence-corrected chi connectivity index (χ0v) is 12.3. The second kappa shape index (κ2) is 5.74. The minimum Gasteiger partial charge on any atom is -0.352 e. The van der Waals surface area contributed by atoms with Crippen LogP contribution in [0.4, 0.5) is 0 Å². The minimum absolute atomic E-state index is 0.147. The van der Waals surface area contributed by atoms with Gasteiger partial charge in [0.15, 0.2) is 0 Å². The second-order valence-electron chi connectivity index (χ2n) is 5.57. The van der Waals surface area contributed by atoms with Gasteiger partial charge in [0, 0.05) is 36.8 Å². The van der Waals surface area contributed by atoms with Crippen molar-refractivity contribution in [2.45, 2.75) is 46.2 Å². The van der Waals surface area contributed by atoms with Gasteiger partial charge in [0.05, 0.1) is 5.69 Å². The minimum atomic E-state index is 0.147. The van der Waals surface area contributed by atoms with Crippen molar-refractivity contribution in [3.63, 3.8) is 0 Å². The molecule has 1 aliphatic rings. The molecule has 1 aromatic rings. The van der Waals surface area contributed by atoms with Crippen molar-refractivity contribution in [2.75, 3.05) is 6.54 Å². The fourth-order valence-corrected chi connectivity index (χ4v) is 2.76. The lowest BCUT2D eigenvalue weighted by molar-refractivity contribution is -0.126. The van der Waals surface area contributed by atoms with E-state index in [1.165, 1.54) is 0 Å². The Labute approximate surface area is 114 Å². The summed E-state index contributed by atoms with van der Waals surface area (Å²) in [6, 6.07) is 0.436. The molecule has 2 heterocycles. The summed E-state index contributed by atoms with van der Waals surface area (Å²) in [4.78, 5) is 12.2. The average Bonchev–Trinajstić information content (AvgIpc) is 2.61. The van der Waals surface area contributed by atoms with E-state index in [0.29, 0.717) is 12.6 Å². The Morgan fingerprint density at radius 3 is 2.84 bits per heavy atom. The van der Waals surface area contributed by atoms with Crippen molar-refractivity contribution in [1.29, 1.82) is 0 Å². The molecule has 0 bridgehead atoms. The highest BCUT2D eigenvalue weighted by molar-refractivity contribution is 5.78. The third kappa shape index (κ3) is 3.15. The fraction of sp³-hybridized carbons (Fsp3) is 0.714. The van der Waals surface area contributed by atoms with Gasteiger partial charge in [0.2, 0.25) is 5.91 Å². The number of nitrogens with zero attached hydrogens (tertiary/aromatic N) is 2. The van der Waals surface area contributed by atoms with Gasteiger partial charge in [-0.15, -0.1) is 0 Å². The highest BCUT2D eigenvalue weighted by atomic mass is 16.1. The standard InChI is InChI=1S/C14H24N4O/c1-9-7-12(5-6-15-9)14(19)16-8-13-10(2)17-18(4)11(13)3/h9,12,15H,5-8H2,1-4H3,(H,16,19). The van der Waals surface area contributed by atoms with Crippen LogP contribution in [0.15, 0.2) is 0 Å². The molecule has 5 nitrogen and oxygen atoms in total. The number of hydrogen-bond acceptors (Lipinski definition) is 3. The van der Waals surface area contributed by atoms with E-state index >= 15 is 0 Å². The van der Waals surface area contributed by atoms with E-state index in [2.05, 4.69) is 22.7 Å². The summed E-state index contributed by atoms with van der Waals surface area (Å²) in [5.74, 6) is 0.324. The van der Waals surface area contributed by atoms with Gasteiger partial charge >= 0.3 is 0 Å². The molecule has 0 aliphatic carbocycles. The Morgan fingerprint density at radius 2 is 2.26 bits per heavy atom. The molecular formula is C14H24N4O. The van der Waals surface area contributed by atoms with Gasteiger partial charge in [-0.05, 0) is 40.2 Å². The van der Waals surface area contributed by atoms with E-state index in [0.717, 1.165) is 36.3 Å². The Kier molecular flexibility index (Phi) is 4.24. The monoisotopic (exact) mass is 264 g/mol. The van der Waals surface area contributed by atoms with Crippen LogP contribution in [0.25, 0.3) is 0 Å². The topological polar surface area (TPSA) is 59.0 Å². The quantitative estimate of drug-likeness (QED) is 0.857. The van der Waals surface area contributed by atoms with E-state index in [1.807, 2.05) is 25.6 Å². The van der Waals surface area contributed by atoms with Crippen molar-refractivity contribution in [1.82, 2.24) is 20.4 Å². The summed E-state index contributed by atoms with van der Waals surface area (Å²) in [5.41, 5.74) is 3.26. The molecule has 0 aromatic carbocycles. The van der Waals surface area contributed by atoms with Gasteiger partial charge in [0.1, 0.15) is 0 Å². The first-order chi connectivity index (χ1) is 8.99. The molecule has 19 heavy (non-hydrogen) atoms. The maximum Gasteiger partial charge on any atom is 0.223 e. The number of nitrogens with one attached hydrogen (secondary N) is 2. The van der Waals surface area contributed by atoms with Crippen LogP contribution in [0.1, 0.15) is 36.7 Å². The Bertz CT molecular complexity index is 466. The molecule has 1 saturated heterocycles. The number of aryl methyl sites for hydroxylation is 2. The lowest BCUT2D eigenvalue weighted by Crippen LogP contribution is -2.42. The summed E-state index contributed by atoms with van der Waals surface area (Å²) < 4.78 is 1.86. The molecule has 0 saturated carbocycles. The molecule has 1 fully saturated rings. The van der Waals surface area contributed by atoms with Crippen LogP contribution in [0.3, 0.4) is 0 Å². The third-order valence-electron chi connectivity index (χ3n) is 4.09. The van der Waals surface area contributed by atoms with E-state index in [9.17, 15) is 4.79 Å². The van der Waals surface area contributed by atoms with Crippen molar-refractivity contribution in [3.05, 3.63) is 17.0 Å². The molecule has 0 spiro atoms. The van der Waals surface area contributed by atoms with E-state index in [4.69, 9.17) is 0 Å². The SMILES string of the molecule is Cc1nn(C)c(C)c1CNC(=O)C1CCNC(C)C1. The number of aromatic nitrogens is 2. The van der Waals surface area contributed by atoms with Crippen LogP contribution in [-0.4, -0.2) is 28.3 Å². The smallest absolute Gasteiger partial charge is 0.223 e. The summed E-state index contributed by atoms with van der Waals surface area (Å²) in [6.45, 7) is 7.68. The summed E-state index contributed by atoms with van der Waals surface area (Å²) in [7, 11) is 1.93. The van der Waals surface area contributed by atoms with Gasteiger partial charge in [-0.1, -0.05) is 0 Å². The van der Waals surface area contributed by atoms with Crippen molar-refractivity contribution >= 4 is 5.91 Å².